The summed E-state index contributed by atoms with van der Waals surface area (Å²) in [5, 5.41) is 10.8. The van der Waals surface area contributed by atoms with Gasteiger partial charge in [-0.25, -0.2) is 4.79 Å². The first-order chi connectivity index (χ1) is 12.9. The minimum Gasteiger partial charge on any atom is -0.458 e. The zero-order valence-corrected chi connectivity index (χ0v) is 22.2. The van der Waals surface area contributed by atoms with Gasteiger partial charge in [-0.1, -0.05) is 69.2 Å². The molecule has 0 aliphatic heterocycles. The summed E-state index contributed by atoms with van der Waals surface area (Å²) in [6.45, 7) is 21.4. The molecule has 0 amide bonds. The van der Waals surface area contributed by atoms with Gasteiger partial charge < -0.3 is 9.84 Å². The van der Waals surface area contributed by atoms with Crippen molar-refractivity contribution in [2.45, 2.75) is 94.3 Å². The van der Waals surface area contributed by atoms with Crippen LogP contribution in [0.1, 0.15) is 92.4 Å². The Hall–Kier alpha value is -0.620. The lowest BCUT2D eigenvalue weighted by atomic mass is 9.59. The third-order valence-corrected chi connectivity index (χ3v) is 7.10. The summed E-state index contributed by atoms with van der Waals surface area (Å²) >= 11 is 2.23. The highest BCUT2D eigenvalue weighted by molar-refractivity contribution is 14.1. The molecule has 1 aromatic carbocycles. The second-order valence-corrected chi connectivity index (χ2v) is 13.1. The molecule has 0 spiro atoms. The number of hydrogen-bond donors (Lipinski definition) is 1. The standard InChI is InChI=1S/C25H41IO3/c1-22(2,3)16-20(29-21(28)17-11-13-18(26)14-12-17)25(9,10)24(7,8)15-19(27)23(4,5)6/h11-14,19-20,27H,15-16H2,1-10H3. The van der Waals surface area contributed by atoms with Gasteiger partial charge >= 0.3 is 5.97 Å². The molecule has 0 bridgehead atoms. The highest BCUT2D eigenvalue weighted by Crippen LogP contribution is 2.49. The maximum atomic E-state index is 12.9. The second-order valence-electron chi connectivity index (χ2n) is 11.9. The highest BCUT2D eigenvalue weighted by atomic mass is 127. The van der Waals surface area contributed by atoms with Crippen molar-refractivity contribution in [3.05, 3.63) is 33.4 Å². The quantitative estimate of drug-likeness (QED) is 0.311. The van der Waals surface area contributed by atoms with Crippen LogP contribution in [0.2, 0.25) is 0 Å². The van der Waals surface area contributed by atoms with Gasteiger partial charge in [-0.05, 0) is 75.9 Å². The molecule has 0 aliphatic rings. The van der Waals surface area contributed by atoms with Crippen LogP contribution in [-0.2, 0) is 4.74 Å². The van der Waals surface area contributed by atoms with E-state index in [1.54, 1.807) is 0 Å². The fourth-order valence-corrected chi connectivity index (χ4v) is 3.63. The lowest BCUT2D eigenvalue weighted by Gasteiger charge is -2.49. The third kappa shape index (κ3) is 7.54. The van der Waals surface area contributed by atoms with Crippen molar-refractivity contribution in [3.8, 4) is 0 Å². The van der Waals surface area contributed by atoms with Crippen LogP contribution in [0, 0.1) is 25.2 Å². The van der Waals surface area contributed by atoms with Crippen molar-refractivity contribution in [3.63, 3.8) is 0 Å². The smallest absolute Gasteiger partial charge is 0.338 e. The monoisotopic (exact) mass is 516 g/mol. The summed E-state index contributed by atoms with van der Waals surface area (Å²) < 4.78 is 7.23. The number of halogens is 1. The zero-order chi connectivity index (χ0) is 22.8. The maximum Gasteiger partial charge on any atom is 0.338 e. The van der Waals surface area contributed by atoms with E-state index in [9.17, 15) is 9.90 Å². The van der Waals surface area contributed by atoms with Crippen molar-refractivity contribution in [2.24, 2.45) is 21.7 Å². The lowest BCUT2D eigenvalue weighted by Crippen LogP contribution is -2.48. The third-order valence-electron chi connectivity index (χ3n) is 6.38. The molecule has 0 radical (unpaired) electrons. The minimum atomic E-state index is -0.432. The number of aliphatic hydroxyl groups excluding tert-OH is 1. The molecule has 4 heteroatoms. The predicted octanol–water partition coefficient (Wildman–Crippen LogP) is 7.10. The molecule has 0 aliphatic carbocycles. The van der Waals surface area contributed by atoms with Gasteiger partial charge in [-0.2, -0.15) is 0 Å². The van der Waals surface area contributed by atoms with Gasteiger partial charge in [-0.15, -0.1) is 0 Å². The van der Waals surface area contributed by atoms with Crippen molar-refractivity contribution >= 4 is 28.6 Å². The summed E-state index contributed by atoms with van der Waals surface area (Å²) in [6, 6.07) is 7.48. The summed E-state index contributed by atoms with van der Waals surface area (Å²) in [4.78, 5) is 12.9. The number of esters is 1. The maximum absolute atomic E-state index is 12.9. The van der Waals surface area contributed by atoms with E-state index in [0.29, 0.717) is 12.0 Å². The first kappa shape index (κ1) is 26.4. The number of benzene rings is 1. The highest BCUT2D eigenvalue weighted by Gasteiger charge is 2.48. The van der Waals surface area contributed by atoms with Gasteiger partial charge in [0.1, 0.15) is 6.10 Å². The van der Waals surface area contributed by atoms with E-state index in [1.165, 1.54) is 0 Å². The topological polar surface area (TPSA) is 46.5 Å². The van der Waals surface area contributed by atoms with Gasteiger partial charge in [0, 0.05) is 8.99 Å². The average molecular weight is 517 g/mol. The molecule has 1 aromatic rings. The first-order valence-electron chi connectivity index (χ1n) is 10.5. The molecular formula is C25H41IO3. The van der Waals surface area contributed by atoms with E-state index in [0.717, 1.165) is 9.99 Å². The molecule has 1 rings (SSSR count). The average Bonchev–Trinajstić information content (AvgIpc) is 2.52. The summed E-state index contributed by atoms with van der Waals surface area (Å²) in [6.07, 6.45) is 0.700. The molecule has 0 fully saturated rings. The van der Waals surface area contributed by atoms with Gasteiger partial charge in [0.05, 0.1) is 11.7 Å². The fourth-order valence-electron chi connectivity index (χ4n) is 3.27. The molecule has 29 heavy (non-hydrogen) atoms. The van der Waals surface area contributed by atoms with Crippen LogP contribution in [0.3, 0.4) is 0 Å². The van der Waals surface area contributed by atoms with Crippen LogP contribution in [-0.4, -0.2) is 23.3 Å². The Morgan fingerprint density at radius 1 is 0.931 bits per heavy atom. The van der Waals surface area contributed by atoms with Crippen LogP contribution >= 0.6 is 22.6 Å². The van der Waals surface area contributed by atoms with Crippen LogP contribution in [0.25, 0.3) is 0 Å². The molecule has 0 saturated heterocycles. The molecule has 166 valence electrons. The SMILES string of the molecule is CC(C)(C)CC(OC(=O)c1ccc(I)cc1)C(C)(C)C(C)(C)CC(O)C(C)(C)C. The van der Waals surface area contributed by atoms with E-state index in [2.05, 4.69) is 91.8 Å². The Labute approximate surface area is 192 Å². The Morgan fingerprint density at radius 2 is 1.41 bits per heavy atom. The second kappa shape index (κ2) is 9.25. The van der Waals surface area contributed by atoms with E-state index in [1.807, 2.05) is 24.3 Å². The first-order valence-corrected chi connectivity index (χ1v) is 11.6. The van der Waals surface area contributed by atoms with Crippen LogP contribution in [0.15, 0.2) is 24.3 Å². The molecule has 2 atom stereocenters. The van der Waals surface area contributed by atoms with E-state index in [-0.39, 0.29) is 33.7 Å². The normalized spacial score (nSPS) is 15.7. The number of ether oxygens (including phenoxy) is 1. The van der Waals surface area contributed by atoms with Gasteiger partial charge in [0.15, 0.2) is 0 Å². The minimum absolute atomic E-state index is 0.00695. The Kier molecular flexibility index (Phi) is 8.43. The van der Waals surface area contributed by atoms with Crippen LogP contribution in [0.5, 0.6) is 0 Å². The fraction of sp³-hybridized carbons (Fsp3) is 0.720. The lowest BCUT2D eigenvalue weighted by molar-refractivity contribution is -0.0933. The largest absolute Gasteiger partial charge is 0.458 e. The molecule has 1 N–H and O–H groups in total. The van der Waals surface area contributed by atoms with E-state index in [4.69, 9.17) is 4.74 Å². The number of carbonyl (C=O) groups is 1. The summed E-state index contributed by atoms with van der Waals surface area (Å²) in [7, 11) is 0. The van der Waals surface area contributed by atoms with Gasteiger partial charge in [0.2, 0.25) is 0 Å². The molecule has 0 heterocycles. The zero-order valence-electron chi connectivity index (χ0n) is 20.0. The molecule has 3 nitrogen and oxygen atoms in total. The molecular weight excluding hydrogens is 475 g/mol. The van der Waals surface area contributed by atoms with Crippen LogP contribution in [0.4, 0.5) is 0 Å². The summed E-state index contributed by atoms with van der Waals surface area (Å²) in [5.41, 5.74) is -0.168. The van der Waals surface area contributed by atoms with Gasteiger partial charge in [-0.3, -0.25) is 0 Å². The van der Waals surface area contributed by atoms with Gasteiger partial charge in [0.25, 0.3) is 0 Å². The van der Waals surface area contributed by atoms with Crippen molar-refractivity contribution in [2.75, 3.05) is 0 Å². The van der Waals surface area contributed by atoms with Crippen LogP contribution < -0.4 is 0 Å². The Bertz CT molecular complexity index is 676. The number of rotatable bonds is 7. The molecule has 0 aromatic heterocycles. The van der Waals surface area contributed by atoms with E-state index >= 15 is 0 Å². The Morgan fingerprint density at radius 3 is 1.83 bits per heavy atom. The molecule has 0 saturated carbocycles. The number of hydrogen-bond acceptors (Lipinski definition) is 3. The molecule has 2 unspecified atom stereocenters. The van der Waals surface area contributed by atoms with Crippen molar-refractivity contribution in [1.29, 1.82) is 0 Å². The Balaban J connectivity index is 3.19. The summed E-state index contributed by atoms with van der Waals surface area (Å²) in [5.74, 6) is -0.282. The van der Waals surface area contributed by atoms with Crippen molar-refractivity contribution in [1.82, 2.24) is 0 Å². The van der Waals surface area contributed by atoms with E-state index < -0.39 is 6.10 Å². The van der Waals surface area contributed by atoms with Crippen molar-refractivity contribution < 1.29 is 14.6 Å². The number of carbonyl (C=O) groups excluding carboxylic acids is 1. The predicted molar refractivity (Wildman–Crippen MR) is 130 cm³/mol. The number of aliphatic hydroxyl groups is 1.